The number of methoxy groups -OCH3 is 1. The second-order valence-electron chi connectivity index (χ2n) is 6.23. The third-order valence-electron chi connectivity index (χ3n) is 4.43. The highest BCUT2D eigenvalue weighted by molar-refractivity contribution is 14.0. The molecule has 2 rings (SSSR count). The number of ether oxygens (including phenoxy) is 1. The molecule has 152 valence electrons. The summed E-state index contributed by atoms with van der Waals surface area (Å²) in [6.45, 7) is 5.41. The van der Waals surface area contributed by atoms with Crippen LogP contribution in [-0.4, -0.2) is 76.8 Å². The molecular weight excluding hydrogens is 457 g/mol. The van der Waals surface area contributed by atoms with Crippen molar-refractivity contribution in [1.29, 1.82) is 0 Å². The number of aliphatic imine (C=N–C) groups is 1. The predicted octanol–water partition coefficient (Wildman–Crippen LogP) is 1.54. The molecule has 1 fully saturated rings. The summed E-state index contributed by atoms with van der Waals surface area (Å²) in [5.74, 6) is 0.919. The number of amides is 1. The van der Waals surface area contributed by atoms with E-state index in [0.717, 1.165) is 51.7 Å². The number of carbonyl (C=O) groups excluding carboxylic acids is 1. The van der Waals surface area contributed by atoms with E-state index in [0.29, 0.717) is 13.0 Å². The number of benzene rings is 1. The third kappa shape index (κ3) is 8.34. The lowest BCUT2D eigenvalue weighted by molar-refractivity contribution is -0.131. The molecule has 0 saturated carbocycles. The molecule has 27 heavy (non-hydrogen) atoms. The van der Waals surface area contributed by atoms with Crippen molar-refractivity contribution in [2.75, 3.05) is 64.9 Å². The van der Waals surface area contributed by atoms with Gasteiger partial charge >= 0.3 is 0 Å². The lowest BCUT2D eigenvalue weighted by atomic mass is 10.2. The molecule has 0 radical (unpaired) electrons. The monoisotopic (exact) mass is 489 g/mol. The first kappa shape index (κ1) is 23.5. The molecule has 0 spiro atoms. The Hall–Kier alpha value is -1.55. The maximum Gasteiger partial charge on any atom is 0.224 e. The number of nitrogens with one attached hydrogen (secondary N) is 2. The van der Waals surface area contributed by atoms with Crippen molar-refractivity contribution in [3.63, 3.8) is 0 Å². The van der Waals surface area contributed by atoms with E-state index in [2.05, 4.69) is 44.8 Å². The van der Waals surface area contributed by atoms with Crippen LogP contribution in [0.5, 0.6) is 0 Å². The number of hydrogen-bond acceptors (Lipinski definition) is 4. The van der Waals surface area contributed by atoms with Gasteiger partial charge in [-0.25, -0.2) is 0 Å². The summed E-state index contributed by atoms with van der Waals surface area (Å²) < 4.78 is 5.02. The number of piperazine rings is 1. The largest absolute Gasteiger partial charge is 0.385 e. The summed E-state index contributed by atoms with van der Waals surface area (Å²) in [7, 11) is 3.43. The van der Waals surface area contributed by atoms with Gasteiger partial charge in [-0.2, -0.15) is 0 Å². The number of carbonyl (C=O) groups is 1. The molecule has 1 aromatic rings. The minimum Gasteiger partial charge on any atom is -0.385 e. The smallest absolute Gasteiger partial charge is 0.224 e. The molecule has 2 N–H and O–H groups in total. The van der Waals surface area contributed by atoms with Gasteiger partial charge in [0.15, 0.2) is 5.96 Å². The van der Waals surface area contributed by atoms with Crippen LogP contribution in [0.2, 0.25) is 0 Å². The summed E-state index contributed by atoms with van der Waals surface area (Å²) in [6.07, 6.45) is 1.39. The zero-order valence-electron chi connectivity index (χ0n) is 16.3. The van der Waals surface area contributed by atoms with Crippen LogP contribution in [0.3, 0.4) is 0 Å². The summed E-state index contributed by atoms with van der Waals surface area (Å²) >= 11 is 0. The van der Waals surface area contributed by atoms with Gasteiger partial charge in [-0.3, -0.25) is 9.79 Å². The molecule has 7 nitrogen and oxygen atoms in total. The molecule has 1 aliphatic rings. The minimum absolute atomic E-state index is 0. The maximum atomic E-state index is 12.4. The van der Waals surface area contributed by atoms with E-state index in [1.165, 1.54) is 5.69 Å². The van der Waals surface area contributed by atoms with Crippen molar-refractivity contribution in [2.24, 2.45) is 4.99 Å². The number of rotatable bonds is 8. The van der Waals surface area contributed by atoms with Crippen molar-refractivity contribution >= 4 is 41.5 Å². The summed E-state index contributed by atoms with van der Waals surface area (Å²) in [4.78, 5) is 20.8. The van der Waals surface area contributed by atoms with Crippen molar-refractivity contribution in [3.8, 4) is 0 Å². The van der Waals surface area contributed by atoms with Crippen molar-refractivity contribution < 1.29 is 9.53 Å². The normalized spacial score (nSPS) is 14.5. The van der Waals surface area contributed by atoms with E-state index in [-0.39, 0.29) is 29.9 Å². The van der Waals surface area contributed by atoms with Gasteiger partial charge in [-0.15, -0.1) is 24.0 Å². The van der Waals surface area contributed by atoms with Crippen LogP contribution in [0.1, 0.15) is 12.8 Å². The van der Waals surface area contributed by atoms with E-state index in [4.69, 9.17) is 4.74 Å². The Balaban J connectivity index is 0.00000364. The Labute approximate surface area is 179 Å². The first-order valence-corrected chi connectivity index (χ1v) is 9.26. The second-order valence-corrected chi connectivity index (χ2v) is 6.23. The molecule has 1 aromatic carbocycles. The number of guanidine groups is 1. The highest BCUT2D eigenvalue weighted by atomic mass is 127. The molecule has 1 heterocycles. The van der Waals surface area contributed by atoms with Crippen LogP contribution in [0.15, 0.2) is 35.3 Å². The quantitative estimate of drug-likeness (QED) is 0.251. The van der Waals surface area contributed by atoms with Crippen LogP contribution in [0.25, 0.3) is 0 Å². The molecule has 0 aromatic heterocycles. The molecule has 1 aliphatic heterocycles. The number of anilines is 1. The molecular formula is C19H32IN5O2. The molecule has 1 amide bonds. The predicted molar refractivity (Wildman–Crippen MR) is 121 cm³/mol. The Morgan fingerprint density at radius 2 is 1.78 bits per heavy atom. The van der Waals surface area contributed by atoms with Crippen LogP contribution in [0, 0.1) is 0 Å². The van der Waals surface area contributed by atoms with Crippen LogP contribution < -0.4 is 15.5 Å². The van der Waals surface area contributed by atoms with Crippen LogP contribution >= 0.6 is 24.0 Å². The van der Waals surface area contributed by atoms with Gasteiger partial charge in [-0.05, 0) is 18.6 Å². The average molecular weight is 489 g/mol. The standard InChI is InChI=1S/C19H31N5O2.HI/c1-20-19(21-10-6-16-26-2)22-11-9-18(25)24-14-12-23(13-15-24)17-7-4-3-5-8-17;/h3-5,7-8H,6,9-16H2,1-2H3,(H2,20,21,22);1H. The molecule has 1 saturated heterocycles. The Kier molecular flexibility index (Phi) is 11.8. The fraction of sp³-hybridized carbons (Fsp3) is 0.579. The van der Waals surface area contributed by atoms with Gasteiger partial charge in [0.05, 0.1) is 0 Å². The van der Waals surface area contributed by atoms with Crippen LogP contribution in [-0.2, 0) is 9.53 Å². The van der Waals surface area contributed by atoms with Gasteiger partial charge < -0.3 is 25.2 Å². The van der Waals surface area contributed by atoms with Crippen molar-refractivity contribution in [2.45, 2.75) is 12.8 Å². The molecule has 0 aliphatic carbocycles. The summed E-state index contributed by atoms with van der Waals surface area (Å²) in [6, 6.07) is 10.4. The van der Waals surface area contributed by atoms with E-state index >= 15 is 0 Å². The van der Waals surface area contributed by atoms with E-state index in [1.807, 2.05) is 11.0 Å². The van der Waals surface area contributed by atoms with E-state index in [1.54, 1.807) is 14.2 Å². The maximum absolute atomic E-state index is 12.4. The third-order valence-corrected chi connectivity index (χ3v) is 4.43. The molecule has 8 heteroatoms. The van der Waals surface area contributed by atoms with Crippen molar-refractivity contribution in [3.05, 3.63) is 30.3 Å². The molecule has 0 atom stereocenters. The van der Waals surface area contributed by atoms with Gasteiger partial charge in [0.25, 0.3) is 0 Å². The van der Waals surface area contributed by atoms with Gasteiger partial charge in [0.1, 0.15) is 0 Å². The van der Waals surface area contributed by atoms with Gasteiger partial charge in [0, 0.05) is 72.1 Å². The number of hydrogen-bond donors (Lipinski definition) is 2. The summed E-state index contributed by atoms with van der Waals surface area (Å²) in [5, 5.41) is 6.40. The van der Waals surface area contributed by atoms with Crippen LogP contribution in [0.4, 0.5) is 5.69 Å². The lowest BCUT2D eigenvalue weighted by Crippen LogP contribution is -2.49. The number of para-hydroxylation sites is 1. The number of halogens is 1. The molecule has 0 unspecified atom stereocenters. The topological polar surface area (TPSA) is 69.2 Å². The lowest BCUT2D eigenvalue weighted by Gasteiger charge is -2.36. The average Bonchev–Trinajstić information content (AvgIpc) is 2.70. The first-order valence-electron chi connectivity index (χ1n) is 9.26. The second kappa shape index (κ2) is 13.6. The van der Waals surface area contributed by atoms with E-state index < -0.39 is 0 Å². The highest BCUT2D eigenvalue weighted by Gasteiger charge is 2.20. The first-order chi connectivity index (χ1) is 12.7. The highest BCUT2D eigenvalue weighted by Crippen LogP contribution is 2.15. The fourth-order valence-corrected chi connectivity index (χ4v) is 2.94. The Morgan fingerprint density at radius 3 is 2.41 bits per heavy atom. The van der Waals surface area contributed by atoms with Gasteiger partial charge in [-0.1, -0.05) is 18.2 Å². The van der Waals surface area contributed by atoms with Crippen molar-refractivity contribution in [1.82, 2.24) is 15.5 Å². The van der Waals surface area contributed by atoms with E-state index in [9.17, 15) is 4.79 Å². The minimum atomic E-state index is 0. The molecule has 0 bridgehead atoms. The van der Waals surface area contributed by atoms with Gasteiger partial charge in [0.2, 0.25) is 5.91 Å². The summed E-state index contributed by atoms with van der Waals surface area (Å²) in [5.41, 5.74) is 1.23. The number of nitrogens with zero attached hydrogens (tertiary/aromatic N) is 3. The zero-order chi connectivity index (χ0) is 18.6. The fourth-order valence-electron chi connectivity index (χ4n) is 2.94. The SMILES string of the molecule is CN=C(NCCCOC)NCCC(=O)N1CCN(c2ccccc2)CC1.I. The Morgan fingerprint density at radius 1 is 1.11 bits per heavy atom. The Bertz CT molecular complexity index is 562. The zero-order valence-corrected chi connectivity index (χ0v) is 18.6.